The molecule has 0 fully saturated rings. The van der Waals surface area contributed by atoms with Gasteiger partial charge in [-0.3, -0.25) is 0 Å². The Kier molecular flexibility index (Phi) is 5.10. The van der Waals surface area contributed by atoms with Gasteiger partial charge in [-0.2, -0.15) is 0 Å². The lowest BCUT2D eigenvalue weighted by atomic mass is 9.55. The molecule has 0 spiro atoms. The van der Waals surface area contributed by atoms with Crippen LogP contribution in [0.15, 0.2) is 25.3 Å². The second-order valence-electron chi connectivity index (χ2n) is 2.79. The summed E-state index contributed by atoms with van der Waals surface area (Å²) in [6, 6.07) is 0. The molecule has 0 rings (SSSR count). The van der Waals surface area contributed by atoms with Crippen molar-refractivity contribution in [3.05, 3.63) is 25.3 Å². The molecule has 2 atom stereocenters. The first-order valence-corrected chi connectivity index (χ1v) is 3.79. The van der Waals surface area contributed by atoms with Gasteiger partial charge in [-0.25, -0.2) is 0 Å². The van der Waals surface area contributed by atoms with Gasteiger partial charge in [0.2, 0.25) is 0 Å². The molecule has 0 bridgehead atoms. The molecule has 1 radical (unpaired) electrons. The molecule has 0 aliphatic rings. The maximum Gasteiger partial charge on any atom is 0.122 e. The van der Waals surface area contributed by atoms with E-state index in [0.29, 0.717) is 11.6 Å². The Morgan fingerprint density at radius 2 is 2.00 bits per heavy atom. The standard InChI is InChI=1S/C9H16B/c1-5-7-9(4)10-8(3)6-2/h5-6,8-9H,1-2,7H2,3-4H3. The summed E-state index contributed by atoms with van der Waals surface area (Å²) in [5.74, 6) is 1.15. The van der Waals surface area contributed by atoms with Crippen LogP contribution >= 0.6 is 0 Å². The minimum Gasteiger partial charge on any atom is -0.104 e. The summed E-state index contributed by atoms with van der Waals surface area (Å²) in [6.07, 6.45) is 4.98. The van der Waals surface area contributed by atoms with Gasteiger partial charge in [-0.05, 0) is 6.42 Å². The molecule has 0 nitrogen and oxygen atoms in total. The van der Waals surface area contributed by atoms with Crippen molar-refractivity contribution in [1.82, 2.24) is 0 Å². The predicted molar refractivity (Wildman–Crippen MR) is 49.6 cm³/mol. The Labute approximate surface area is 65.3 Å². The minimum absolute atomic E-state index is 0.523. The maximum atomic E-state index is 3.72. The molecule has 0 aromatic carbocycles. The number of hydrogen-bond acceptors (Lipinski definition) is 0. The average Bonchev–Trinajstić information content (AvgIpc) is 1.88. The molecule has 0 aliphatic carbocycles. The third-order valence-electron chi connectivity index (χ3n) is 1.54. The highest BCUT2D eigenvalue weighted by Gasteiger charge is 2.05. The lowest BCUT2D eigenvalue weighted by Gasteiger charge is -2.09. The van der Waals surface area contributed by atoms with E-state index in [4.69, 9.17) is 0 Å². The summed E-state index contributed by atoms with van der Waals surface area (Å²) in [5.41, 5.74) is 0. The molecule has 10 heavy (non-hydrogen) atoms. The molecule has 55 valence electrons. The third kappa shape index (κ3) is 4.43. The highest BCUT2D eigenvalue weighted by Crippen LogP contribution is 2.15. The van der Waals surface area contributed by atoms with E-state index in [-0.39, 0.29) is 0 Å². The molecule has 0 saturated carbocycles. The van der Waals surface area contributed by atoms with Crippen LogP contribution in [0.1, 0.15) is 20.3 Å². The van der Waals surface area contributed by atoms with E-state index in [1.54, 1.807) is 0 Å². The highest BCUT2D eigenvalue weighted by molar-refractivity contribution is 6.40. The van der Waals surface area contributed by atoms with Crippen LogP contribution in [0.2, 0.25) is 11.6 Å². The fraction of sp³-hybridized carbons (Fsp3) is 0.556. The fourth-order valence-electron chi connectivity index (χ4n) is 0.938. The lowest BCUT2D eigenvalue weighted by Crippen LogP contribution is -2.02. The zero-order valence-corrected chi connectivity index (χ0v) is 7.01. The molecule has 0 aliphatic heterocycles. The van der Waals surface area contributed by atoms with Crippen LogP contribution in [0.25, 0.3) is 0 Å². The Morgan fingerprint density at radius 3 is 2.40 bits per heavy atom. The fourth-order valence-corrected chi connectivity index (χ4v) is 0.938. The molecule has 0 heterocycles. The summed E-state index contributed by atoms with van der Waals surface area (Å²) in [6.45, 7) is 11.7. The van der Waals surface area contributed by atoms with E-state index in [2.05, 4.69) is 34.3 Å². The van der Waals surface area contributed by atoms with Gasteiger partial charge in [0.15, 0.2) is 0 Å². The number of allylic oxidation sites excluding steroid dienone is 2. The molecule has 0 aromatic rings. The quantitative estimate of drug-likeness (QED) is 0.401. The molecular weight excluding hydrogens is 119 g/mol. The van der Waals surface area contributed by atoms with Gasteiger partial charge in [-0.15, -0.1) is 13.2 Å². The van der Waals surface area contributed by atoms with Crippen molar-refractivity contribution >= 4 is 7.28 Å². The Balaban J connectivity index is 3.45. The van der Waals surface area contributed by atoms with Gasteiger partial charge >= 0.3 is 0 Å². The van der Waals surface area contributed by atoms with Gasteiger partial charge in [0.1, 0.15) is 7.28 Å². The van der Waals surface area contributed by atoms with Crippen molar-refractivity contribution in [2.75, 3.05) is 0 Å². The van der Waals surface area contributed by atoms with Gasteiger partial charge in [-0.1, -0.05) is 37.6 Å². The van der Waals surface area contributed by atoms with Crippen molar-refractivity contribution in [1.29, 1.82) is 0 Å². The van der Waals surface area contributed by atoms with Gasteiger partial charge in [0.25, 0.3) is 0 Å². The van der Waals surface area contributed by atoms with Gasteiger partial charge in [0.05, 0.1) is 0 Å². The van der Waals surface area contributed by atoms with Crippen LogP contribution in [0.4, 0.5) is 0 Å². The average molecular weight is 135 g/mol. The van der Waals surface area contributed by atoms with Crippen LogP contribution < -0.4 is 0 Å². The first-order valence-electron chi connectivity index (χ1n) is 3.79. The molecule has 0 saturated heterocycles. The molecule has 0 aromatic heterocycles. The number of hydrogen-bond donors (Lipinski definition) is 0. The van der Waals surface area contributed by atoms with Crippen LogP contribution in [0, 0.1) is 0 Å². The van der Waals surface area contributed by atoms with Crippen molar-refractivity contribution in [2.45, 2.75) is 31.9 Å². The van der Waals surface area contributed by atoms with Crippen LogP contribution in [0.3, 0.4) is 0 Å². The zero-order valence-electron chi connectivity index (χ0n) is 7.01. The molecule has 2 unspecified atom stereocenters. The molecule has 1 heteroatoms. The van der Waals surface area contributed by atoms with E-state index in [0.717, 1.165) is 6.42 Å². The number of rotatable bonds is 5. The van der Waals surface area contributed by atoms with Crippen LogP contribution in [-0.2, 0) is 0 Å². The second-order valence-corrected chi connectivity index (χ2v) is 2.79. The van der Waals surface area contributed by atoms with Crippen LogP contribution in [-0.4, -0.2) is 7.28 Å². The van der Waals surface area contributed by atoms with Crippen LogP contribution in [0.5, 0.6) is 0 Å². The van der Waals surface area contributed by atoms with Gasteiger partial charge < -0.3 is 0 Å². The topological polar surface area (TPSA) is 0 Å². The van der Waals surface area contributed by atoms with Crippen molar-refractivity contribution in [2.24, 2.45) is 0 Å². The second kappa shape index (κ2) is 5.34. The lowest BCUT2D eigenvalue weighted by molar-refractivity contribution is 0.919. The van der Waals surface area contributed by atoms with E-state index in [9.17, 15) is 0 Å². The summed E-state index contributed by atoms with van der Waals surface area (Å²) < 4.78 is 0. The van der Waals surface area contributed by atoms with E-state index in [1.807, 2.05) is 12.2 Å². The van der Waals surface area contributed by atoms with Crippen molar-refractivity contribution in [3.63, 3.8) is 0 Å². The first kappa shape index (κ1) is 9.54. The van der Waals surface area contributed by atoms with E-state index >= 15 is 0 Å². The maximum absolute atomic E-state index is 3.72. The van der Waals surface area contributed by atoms with Crippen molar-refractivity contribution in [3.8, 4) is 0 Å². The summed E-state index contributed by atoms with van der Waals surface area (Å²) in [4.78, 5) is 0. The van der Waals surface area contributed by atoms with Gasteiger partial charge in [0, 0.05) is 0 Å². The van der Waals surface area contributed by atoms with E-state index < -0.39 is 0 Å². The van der Waals surface area contributed by atoms with Crippen molar-refractivity contribution < 1.29 is 0 Å². The molecular formula is C9H16B. The summed E-state index contributed by atoms with van der Waals surface area (Å²) in [5, 5.41) is 0. The summed E-state index contributed by atoms with van der Waals surface area (Å²) >= 11 is 0. The Bertz CT molecular complexity index is 107. The highest BCUT2D eigenvalue weighted by atomic mass is 13.9. The normalized spacial score (nSPS) is 15.4. The van der Waals surface area contributed by atoms with E-state index in [1.165, 1.54) is 0 Å². The Hall–Kier alpha value is -0.455. The first-order chi connectivity index (χ1) is 4.70. The molecule has 0 amide bonds. The third-order valence-corrected chi connectivity index (χ3v) is 1.54. The summed E-state index contributed by atoms with van der Waals surface area (Å²) in [7, 11) is 2.29. The smallest absolute Gasteiger partial charge is 0.104 e. The Morgan fingerprint density at radius 1 is 1.40 bits per heavy atom. The zero-order chi connectivity index (χ0) is 7.98. The molecule has 0 N–H and O–H groups in total. The largest absolute Gasteiger partial charge is 0.122 e. The predicted octanol–water partition coefficient (Wildman–Crippen LogP) is 3.07. The SMILES string of the molecule is C=CCC(C)[B]C(C)C=C. The minimum atomic E-state index is 0.523. The monoisotopic (exact) mass is 135 g/mol.